The number of halogens is 2. The summed E-state index contributed by atoms with van der Waals surface area (Å²) in [5.41, 5.74) is 9.46. The van der Waals surface area contributed by atoms with Gasteiger partial charge in [-0.1, -0.05) is 23.2 Å². The van der Waals surface area contributed by atoms with Crippen LogP contribution in [0.3, 0.4) is 0 Å². The molecule has 0 aliphatic carbocycles. The van der Waals surface area contributed by atoms with Crippen molar-refractivity contribution >= 4 is 34.5 Å². The Bertz CT molecular complexity index is 587. The Morgan fingerprint density at radius 2 is 2.10 bits per heavy atom. The second-order valence-electron chi connectivity index (χ2n) is 4.37. The lowest BCUT2D eigenvalue weighted by Gasteiger charge is -2.13. The van der Waals surface area contributed by atoms with E-state index in [2.05, 4.69) is 4.98 Å². The highest BCUT2D eigenvalue weighted by molar-refractivity contribution is 7.09. The first kappa shape index (κ1) is 15.6. The van der Waals surface area contributed by atoms with E-state index in [0.29, 0.717) is 35.4 Å². The van der Waals surface area contributed by atoms with Crippen molar-refractivity contribution in [3.8, 4) is 5.75 Å². The van der Waals surface area contributed by atoms with E-state index in [1.807, 2.05) is 18.5 Å². The molecule has 1 aromatic carbocycles. The van der Waals surface area contributed by atoms with Crippen molar-refractivity contribution in [1.82, 2.24) is 4.98 Å². The molecule has 3 nitrogen and oxygen atoms in total. The lowest BCUT2D eigenvalue weighted by atomic mass is 10.1. The summed E-state index contributed by atoms with van der Waals surface area (Å²) in [7, 11) is 0. The maximum atomic E-state index is 6.20. The average molecular weight is 331 g/mol. The van der Waals surface area contributed by atoms with E-state index in [1.165, 1.54) is 4.88 Å². The van der Waals surface area contributed by atoms with Crippen LogP contribution in [0.2, 0.25) is 10.0 Å². The summed E-state index contributed by atoms with van der Waals surface area (Å²) in [6, 6.07) is 3.55. The first-order chi connectivity index (χ1) is 9.61. The van der Waals surface area contributed by atoms with Gasteiger partial charge in [0.2, 0.25) is 0 Å². The highest BCUT2D eigenvalue weighted by Crippen LogP contribution is 2.33. The van der Waals surface area contributed by atoms with Gasteiger partial charge in [0, 0.05) is 16.3 Å². The van der Waals surface area contributed by atoms with Crippen molar-refractivity contribution in [2.45, 2.75) is 19.8 Å². The van der Waals surface area contributed by atoms with Crippen LogP contribution in [-0.2, 0) is 12.8 Å². The lowest BCUT2D eigenvalue weighted by Crippen LogP contribution is -2.08. The van der Waals surface area contributed by atoms with Crippen molar-refractivity contribution in [3.05, 3.63) is 43.8 Å². The molecule has 2 N–H and O–H groups in total. The van der Waals surface area contributed by atoms with E-state index in [0.717, 1.165) is 17.7 Å². The fourth-order valence-corrected chi connectivity index (χ4v) is 3.28. The Kier molecular flexibility index (Phi) is 5.66. The quantitative estimate of drug-likeness (QED) is 0.874. The Balaban J connectivity index is 2.06. The second-order valence-corrected chi connectivity index (χ2v) is 6.16. The van der Waals surface area contributed by atoms with E-state index in [9.17, 15) is 0 Å². The Hall–Kier alpha value is -0.810. The fraction of sp³-hybridized carbons (Fsp3) is 0.357. The molecular formula is C14H16Cl2N2OS. The predicted molar refractivity (Wildman–Crippen MR) is 85.3 cm³/mol. The molecule has 2 aromatic rings. The van der Waals surface area contributed by atoms with Gasteiger partial charge in [0.15, 0.2) is 0 Å². The van der Waals surface area contributed by atoms with Crippen LogP contribution < -0.4 is 10.5 Å². The predicted octanol–water partition coefficient (Wildman–Crippen LogP) is 3.88. The number of nitrogens with two attached hydrogens (primary N) is 1. The molecule has 2 rings (SSSR count). The number of nitrogens with zero attached hydrogens (tertiary/aromatic N) is 1. The first-order valence-electron chi connectivity index (χ1n) is 6.31. The van der Waals surface area contributed by atoms with Gasteiger partial charge in [0.1, 0.15) is 5.75 Å². The van der Waals surface area contributed by atoms with Gasteiger partial charge in [-0.15, -0.1) is 11.3 Å². The average Bonchev–Trinajstić information content (AvgIpc) is 2.78. The molecule has 0 amide bonds. The third-order valence-corrected chi connectivity index (χ3v) is 4.41. The summed E-state index contributed by atoms with van der Waals surface area (Å²) in [5.74, 6) is 0.684. The van der Waals surface area contributed by atoms with Crippen LogP contribution >= 0.6 is 34.5 Å². The van der Waals surface area contributed by atoms with E-state index >= 15 is 0 Å². The van der Waals surface area contributed by atoms with Gasteiger partial charge in [0.05, 0.1) is 22.8 Å². The minimum absolute atomic E-state index is 0.529. The van der Waals surface area contributed by atoms with E-state index in [4.69, 9.17) is 33.7 Å². The number of hydrogen-bond acceptors (Lipinski definition) is 4. The van der Waals surface area contributed by atoms with E-state index < -0.39 is 0 Å². The zero-order valence-electron chi connectivity index (χ0n) is 11.2. The van der Waals surface area contributed by atoms with Gasteiger partial charge < -0.3 is 10.5 Å². The zero-order valence-corrected chi connectivity index (χ0v) is 13.5. The molecular weight excluding hydrogens is 315 g/mol. The molecule has 6 heteroatoms. The molecule has 1 heterocycles. The maximum absolute atomic E-state index is 6.20. The monoisotopic (exact) mass is 330 g/mol. The summed E-state index contributed by atoms with van der Waals surface area (Å²) in [5, 5.41) is 1.13. The Morgan fingerprint density at radius 3 is 2.75 bits per heavy atom. The van der Waals surface area contributed by atoms with Crippen LogP contribution in [0.15, 0.2) is 17.6 Å². The third-order valence-electron chi connectivity index (χ3n) is 2.92. The van der Waals surface area contributed by atoms with Crippen molar-refractivity contribution in [2.24, 2.45) is 5.73 Å². The number of thiazole rings is 1. The standard InChI is InChI=1S/C14H16Cl2N2OS/c1-9-13(20-8-18-9)3-5-19-14-10(2-4-17)6-11(15)7-12(14)16/h6-8H,2-5,17H2,1H3. The highest BCUT2D eigenvalue weighted by atomic mass is 35.5. The van der Waals surface area contributed by atoms with Gasteiger partial charge in [-0.2, -0.15) is 0 Å². The van der Waals surface area contributed by atoms with Crippen molar-refractivity contribution in [3.63, 3.8) is 0 Å². The van der Waals surface area contributed by atoms with E-state index in [1.54, 1.807) is 17.4 Å². The van der Waals surface area contributed by atoms with Crippen LogP contribution in [0.5, 0.6) is 5.75 Å². The summed E-state index contributed by atoms with van der Waals surface area (Å²) in [4.78, 5) is 5.45. The third kappa shape index (κ3) is 3.85. The topological polar surface area (TPSA) is 48.1 Å². The molecule has 0 aliphatic heterocycles. The SMILES string of the molecule is Cc1ncsc1CCOc1c(Cl)cc(Cl)cc1CCN. The van der Waals surface area contributed by atoms with Crippen LogP contribution in [-0.4, -0.2) is 18.1 Å². The zero-order chi connectivity index (χ0) is 14.5. The summed E-state index contributed by atoms with van der Waals surface area (Å²) in [6.45, 7) is 3.09. The van der Waals surface area contributed by atoms with Crippen LogP contribution in [0, 0.1) is 6.92 Å². The largest absolute Gasteiger partial charge is 0.491 e. The maximum Gasteiger partial charge on any atom is 0.141 e. The smallest absolute Gasteiger partial charge is 0.141 e. The number of ether oxygens (including phenoxy) is 1. The molecule has 0 saturated heterocycles. The number of hydrogen-bond donors (Lipinski definition) is 1. The fourth-order valence-electron chi connectivity index (χ4n) is 1.93. The minimum atomic E-state index is 0.529. The number of rotatable bonds is 6. The van der Waals surface area contributed by atoms with Crippen LogP contribution in [0.25, 0.3) is 0 Å². The van der Waals surface area contributed by atoms with Gasteiger partial charge in [-0.3, -0.25) is 0 Å². The normalized spacial score (nSPS) is 10.8. The van der Waals surface area contributed by atoms with Crippen LogP contribution in [0.4, 0.5) is 0 Å². The first-order valence-corrected chi connectivity index (χ1v) is 7.95. The summed E-state index contributed by atoms with van der Waals surface area (Å²) >= 11 is 13.8. The number of aryl methyl sites for hydroxylation is 1. The lowest BCUT2D eigenvalue weighted by molar-refractivity contribution is 0.319. The van der Waals surface area contributed by atoms with Crippen molar-refractivity contribution < 1.29 is 4.74 Å². The molecule has 0 atom stereocenters. The Labute approximate surface area is 132 Å². The second kappa shape index (κ2) is 7.27. The summed E-state index contributed by atoms with van der Waals surface area (Å²) < 4.78 is 5.84. The van der Waals surface area contributed by atoms with Crippen molar-refractivity contribution in [1.29, 1.82) is 0 Å². The van der Waals surface area contributed by atoms with Gasteiger partial charge in [-0.05, 0) is 37.6 Å². The molecule has 1 aromatic heterocycles. The molecule has 0 bridgehead atoms. The van der Waals surface area contributed by atoms with E-state index in [-0.39, 0.29) is 0 Å². The molecule has 0 aliphatic rings. The minimum Gasteiger partial charge on any atom is -0.491 e. The molecule has 0 unspecified atom stereocenters. The number of benzene rings is 1. The molecule has 0 saturated carbocycles. The summed E-state index contributed by atoms with van der Waals surface area (Å²) in [6.07, 6.45) is 1.51. The van der Waals surface area contributed by atoms with Gasteiger partial charge in [-0.25, -0.2) is 4.98 Å². The van der Waals surface area contributed by atoms with Gasteiger partial charge >= 0.3 is 0 Å². The molecule has 20 heavy (non-hydrogen) atoms. The highest BCUT2D eigenvalue weighted by Gasteiger charge is 2.11. The molecule has 0 radical (unpaired) electrons. The molecule has 0 spiro atoms. The number of aromatic nitrogens is 1. The molecule has 0 fully saturated rings. The molecule has 108 valence electrons. The van der Waals surface area contributed by atoms with Gasteiger partial charge in [0.25, 0.3) is 0 Å². The van der Waals surface area contributed by atoms with Crippen molar-refractivity contribution in [2.75, 3.05) is 13.2 Å². The van der Waals surface area contributed by atoms with Crippen LogP contribution in [0.1, 0.15) is 16.1 Å². The Morgan fingerprint density at radius 1 is 1.30 bits per heavy atom.